The summed E-state index contributed by atoms with van der Waals surface area (Å²) in [6.45, 7) is 3.56. The van der Waals surface area contributed by atoms with E-state index in [4.69, 9.17) is 4.74 Å². The molecule has 0 saturated heterocycles. The molecule has 0 fully saturated rings. The highest BCUT2D eigenvalue weighted by Crippen LogP contribution is 2.24. The summed E-state index contributed by atoms with van der Waals surface area (Å²) >= 11 is 1.42. The Hall–Kier alpha value is -3.47. The molecule has 8 nitrogen and oxygen atoms in total. The molecule has 4 heterocycles. The van der Waals surface area contributed by atoms with Crippen LogP contribution in [-0.2, 0) is 6.42 Å². The first kappa shape index (κ1) is 19.8. The van der Waals surface area contributed by atoms with Crippen LogP contribution in [0.15, 0.2) is 36.2 Å². The van der Waals surface area contributed by atoms with Gasteiger partial charge >= 0.3 is 6.09 Å². The lowest BCUT2D eigenvalue weighted by Gasteiger charge is -2.10. The van der Waals surface area contributed by atoms with Crippen molar-refractivity contribution >= 4 is 28.3 Å². The van der Waals surface area contributed by atoms with Gasteiger partial charge in [0.1, 0.15) is 0 Å². The van der Waals surface area contributed by atoms with Crippen molar-refractivity contribution in [3.05, 3.63) is 53.2 Å². The molecule has 0 radical (unpaired) electrons. The number of thiazole rings is 1. The zero-order valence-corrected chi connectivity index (χ0v) is 16.8. The second-order valence-electron chi connectivity index (χ2n) is 6.45. The molecule has 0 aromatic carbocycles. The van der Waals surface area contributed by atoms with Gasteiger partial charge < -0.3 is 4.74 Å². The van der Waals surface area contributed by atoms with Gasteiger partial charge in [-0.3, -0.25) is 9.66 Å². The van der Waals surface area contributed by atoms with Crippen molar-refractivity contribution in [1.82, 2.24) is 24.6 Å². The number of amides is 1. The van der Waals surface area contributed by atoms with Gasteiger partial charge in [0.05, 0.1) is 17.4 Å². The molecule has 11 heteroatoms. The molecular formula is C19H16F2N6O2S. The molecule has 1 amide bonds. The molecule has 4 rings (SSSR count). The second-order valence-corrected chi connectivity index (χ2v) is 7.31. The summed E-state index contributed by atoms with van der Waals surface area (Å²) in [5.41, 5.74) is 4.75. The van der Waals surface area contributed by atoms with Crippen LogP contribution in [0.5, 0.6) is 5.75 Å². The van der Waals surface area contributed by atoms with Crippen LogP contribution in [0.1, 0.15) is 17.0 Å². The Morgan fingerprint density at radius 2 is 2.13 bits per heavy atom. The summed E-state index contributed by atoms with van der Waals surface area (Å²) in [6, 6.07) is 1.61. The van der Waals surface area contributed by atoms with Crippen molar-refractivity contribution in [3.63, 3.8) is 0 Å². The predicted molar refractivity (Wildman–Crippen MR) is 107 cm³/mol. The number of hydrogen-bond acceptors (Lipinski definition) is 7. The maximum absolute atomic E-state index is 12.8. The highest BCUT2D eigenvalue weighted by Gasteiger charge is 2.16. The van der Waals surface area contributed by atoms with Gasteiger partial charge in [0.25, 0.3) is 0 Å². The Balaban J connectivity index is 1.53. The number of halogens is 2. The van der Waals surface area contributed by atoms with E-state index in [-0.39, 0.29) is 5.75 Å². The van der Waals surface area contributed by atoms with Gasteiger partial charge in [0.2, 0.25) is 6.43 Å². The number of hydrogen-bond donors (Lipinski definition) is 1. The quantitative estimate of drug-likeness (QED) is 0.512. The fraction of sp³-hybridized carbons (Fsp3) is 0.211. The van der Waals surface area contributed by atoms with E-state index in [1.807, 2.05) is 12.3 Å². The van der Waals surface area contributed by atoms with Crippen LogP contribution in [0.2, 0.25) is 0 Å². The lowest BCUT2D eigenvalue weighted by molar-refractivity contribution is 0.149. The molecule has 4 aromatic heterocycles. The van der Waals surface area contributed by atoms with Crippen LogP contribution in [0, 0.1) is 13.8 Å². The number of pyridine rings is 1. The zero-order chi connectivity index (χ0) is 21.3. The van der Waals surface area contributed by atoms with Crippen LogP contribution < -0.4 is 10.2 Å². The number of nitrogens with one attached hydrogen (secondary N) is 1. The predicted octanol–water partition coefficient (Wildman–Crippen LogP) is 4.12. The van der Waals surface area contributed by atoms with Gasteiger partial charge in [-0.25, -0.2) is 34.0 Å². The summed E-state index contributed by atoms with van der Waals surface area (Å²) in [5, 5.41) is 3.09. The van der Waals surface area contributed by atoms with E-state index in [9.17, 15) is 13.6 Å². The van der Waals surface area contributed by atoms with E-state index < -0.39 is 18.9 Å². The van der Waals surface area contributed by atoms with Crippen LogP contribution in [0.3, 0.4) is 0 Å². The normalized spacial score (nSPS) is 11.2. The maximum Gasteiger partial charge on any atom is 0.432 e. The first-order valence-corrected chi connectivity index (χ1v) is 9.75. The standard InChI is InChI=1S/C19H16F2N6O2S/c1-10-9-30-18(24-10)17-23-7-15(11(2)25-17)29-19(28)26-27-8-12(5-16(20)21)13-6-22-4-3-14(13)27/h3-4,6-9,16H,5H2,1-2H3,(H,26,28). The van der Waals surface area contributed by atoms with Crippen LogP contribution in [-0.4, -0.2) is 37.1 Å². The molecule has 30 heavy (non-hydrogen) atoms. The lowest BCUT2D eigenvalue weighted by atomic mass is 10.2. The molecule has 0 aliphatic rings. The molecule has 0 bridgehead atoms. The monoisotopic (exact) mass is 430 g/mol. The summed E-state index contributed by atoms with van der Waals surface area (Å²) in [4.78, 5) is 29.2. The highest BCUT2D eigenvalue weighted by molar-refractivity contribution is 7.13. The van der Waals surface area contributed by atoms with Gasteiger partial charge in [-0.1, -0.05) is 0 Å². The van der Waals surface area contributed by atoms with E-state index in [0.29, 0.717) is 33.0 Å². The summed E-state index contributed by atoms with van der Waals surface area (Å²) < 4.78 is 32.3. The van der Waals surface area contributed by atoms with Crippen molar-refractivity contribution in [2.24, 2.45) is 0 Å². The van der Waals surface area contributed by atoms with Crippen molar-refractivity contribution in [3.8, 4) is 16.6 Å². The number of alkyl halides is 2. The van der Waals surface area contributed by atoms with E-state index in [1.54, 1.807) is 13.0 Å². The number of fused-ring (bicyclic) bond motifs is 1. The summed E-state index contributed by atoms with van der Waals surface area (Å²) in [5.74, 6) is 0.620. The fourth-order valence-corrected chi connectivity index (χ4v) is 3.63. The largest absolute Gasteiger partial charge is 0.432 e. The van der Waals surface area contributed by atoms with Crippen LogP contribution in [0.25, 0.3) is 21.7 Å². The van der Waals surface area contributed by atoms with Crippen molar-refractivity contribution < 1.29 is 18.3 Å². The van der Waals surface area contributed by atoms with Crippen LogP contribution >= 0.6 is 11.3 Å². The third-order valence-corrected chi connectivity index (χ3v) is 5.18. The molecule has 0 unspecified atom stereocenters. The molecule has 0 aliphatic heterocycles. The van der Waals surface area contributed by atoms with E-state index >= 15 is 0 Å². The Morgan fingerprint density at radius 3 is 2.83 bits per heavy atom. The van der Waals surface area contributed by atoms with Gasteiger partial charge in [-0.2, -0.15) is 0 Å². The minimum Gasteiger partial charge on any atom is -0.406 e. The zero-order valence-electron chi connectivity index (χ0n) is 16.0. The molecule has 1 N–H and O–H groups in total. The first-order valence-electron chi connectivity index (χ1n) is 8.88. The Labute approximate surface area is 173 Å². The number of carbonyl (C=O) groups is 1. The van der Waals surface area contributed by atoms with Gasteiger partial charge in [-0.15, -0.1) is 11.3 Å². The third-order valence-electron chi connectivity index (χ3n) is 4.22. The SMILES string of the molecule is Cc1csc(-c2ncc(OC(=O)Nn3cc(CC(F)F)c4cnccc43)c(C)n2)n1. The second kappa shape index (κ2) is 8.11. The summed E-state index contributed by atoms with van der Waals surface area (Å²) in [7, 11) is 0. The number of carbonyl (C=O) groups excluding carboxylic acids is 1. The molecule has 0 spiro atoms. The smallest absolute Gasteiger partial charge is 0.406 e. The van der Waals surface area contributed by atoms with E-state index in [2.05, 4.69) is 25.4 Å². The molecule has 0 saturated carbocycles. The summed E-state index contributed by atoms with van der Waals surface area (Å²) in [6.07, 6.45) is 2.04. The third kappa shape index (κ3) is 4.10. The topological polar surface area (TPSA) is 94.8 Å². The van der Waals surface area contributed by atoms with Crippen LogP contribution in [0.4, 0.5) is 13.6 Å². The minimum absolute atomic E-state index is 0.176. The average Bonchev–Trinajstić information content (AvgIpc) is 3.27. The van der Waals surface area contributed by atoms with Gasteiger partial charge in [0, 0.05) is 41.5 Å². The number of rotatable bonds is 5. The average molecular weight is 430 g/mol. The number of aryl methyl sites for hydroxylation is 2. The Kier molecular flexibility index (Phi) is 5.36. The minimum atomic E-state index is -2.52. The first-order chi connectivity index (χ1) is 14.4. The van der Waals surface area contributed by atoms with Gasteiger partial charge in [-0.05, 0) is 25.5 Å². The molecule has 0 atom stereocenters. The van der Waals surface area contributed by atoms with Gasteiger partial charge in [0.15, 0.2) is 16.6 Å². The number of aromatic nitrogens is 5. The Bertz CT molecular complexity index is 1220. The van der Waals surface area contributed by atoms with Crippen molar-refractivity contribution in [2.45, 2.75) is 26.7 Å². The van der Waals surface area contributed by atoms with E-state index in [0.717, 1.165) is 5.69 Å². The van der Waals surface area contributed by atoms with E-state index in [1.165, 1.54) is 40.8 Å². The number of ether oxygens (including phenoxy) is 1. The van der Waals surface area contributed by atoms with Crippen molar-refractivity contribution in [1.29, 1.82) is 0 Å². The maximum atomic E-state index is 12.8. The molecule has 154 valence electrons. The fourth-order valence-electron chi connectivity index (χ4n) is 2.90. The number of nitrogens with zero attached hydrogens (tertiary/aromatic N) is 5. The molecule has 0 aliphatic carbocycles. The highest BCUT2D eigenvalue weighted by atomic mass is 32.1. The molecule has 4 aromatic rings. The lowest BCUT2D eigenvalue weighted by Crippen LogP contribution is -2.25. The molecular weight excluding hydrogens is 414 g/mol. The Morgan fingerprint density at radius 1 is 1.30 bits per heavy atom. The van der Waals surface area contributed by atoms with Crippen molar-refractivity contribution in [2.75, 3.05) is 5.43 Å².